The first-order chi connectivity index (χ1) is 9.47. The second-order valence-electron chi connectivity index (χ2n) is 5.17. The Morgan fingerprint density at radius 2 is 2.14 bits per heavy atom. The van der Waals surface area contributed by atoms with Crippen molar-refractivity contribution in [3.05, 3.63) is 29.3 Å². The van der Waals surface area contributed by atoms with Gasteiger partial charge in [0.2, 0.25) is 10.0 Å². The van der Waals surface area contributed by atoms with E-state index in [0.29, 0.717) is 13.1 Å². The van der Waals surface area contributed by atoms with Crippen LogP contribution in [0.3, 0.4) is 0 Å². The zero-order valence-electron chi connectivity index (χ0n) is 12.4. The summed E-state index contributed by atoms with van der Waals surface area (Å²) in [6, 6.07) is 5.77. The molecule has 0 aliphatic carbocycles. The number of ether oxygens (including phenoxy) is 1. The van der Waals surface area contributed by atoms with E-state index < -0.39 is 10.0 Å². The van der Waals surface area contributed by atoms with Gasteiger partial charge in [-0.1, -0.05) is 12.1 Å². The standard InChI is InChI=1S/C14H22N2O3S.ClH/c1-11(19-2)10-20(17,18)16-7-3-4-13-8-12(9-15)5-6-14(13)16;/h5-6,8,11H,3-4,7,9-10,15H2,1-2H3;1H. The zero-order chi connectivity index (χ0) is 14.8. The Hall–Kier alpha value is -0.820. The van der Waals surface area contributed by atoms with E-state index in [0.717, 1.165) is 29.7 Å². The summed E-state index contributed by atoms with van der Waals surface area (Å²) in [6.07, 6.45) is 1.42. The van der Waals surface area contributed by atoms with Crippen molar-refractivity contribution in [3.63, 3.8) is 0 Å². The van der Waals surface area contributed by atoms with Crippen LogP contribution in [0.2, 0.25) is 0 Å². The lowest BCUT2D eigenvalue weighted by Crippen LogP contribution is -2.39. The summed E-state index contributed by atoms with van der Waals surface area (Å²) in [5.41, 5.74) is 8.53. The van der Waals surface area contributed by atoms with Crippen LogP contribution in [0.5, 0.6) is 0 Å². The monoisotopic (exact) mass is 334 g/mol. The Kier molecular flexibility index (Phi) is 6.46. The second-order valence-corrected chi connectivity index (χ2v) is 7.11. The number of hydrogen-bond acceptors (Lipinski definition) is 4. The largest absolute Gasteiger partial charge is 0.381 e. The molecule has 0 fully saturated rings. The van der Waals surface area contributed by atoms with Crippen molar-refractivity contribution in [2.75, 3.05) is 23.7 Å². The molecule has 21 heavy (non-hydrogen) atoms. The van der Waals surface area contributed by atoms with Crippen molar-refractivity contribution in [2.45, 2.75) is 32.4 Å². The first kappa shape index (κ1) is 18.2. The molecular weight excluding hydrogens is 312 g/mol. The highest BCUT2D eigenvalue weighted by atomic mass is 35.5. The van der Waals surface area contributed by atoms with E-state index in [1.165, 1.54) is 11.4 Å². The molecule has 0 saturated carbocycles. The number of anilines is 1. The van der Waals surface area contributed by atoms with Crippen LogP contribution in [-0.4, -0.2) is 33.9 Å². The fraction of sp³-hybridized carbons (Fsp3) is 0.571. The lowest BCUT2D eigenvalue weighted by molar-refractivity contribution is 0.136. The normalized spacial score (nSPS) is 16.0. The van der Waals surface area contributed by atoms with Crippen LogP contribution in [0.1, 0.15) is 24.5 Å². The lowest BCUT2D eigenvalue weighted by Gasteiger charge is -2.31. The van der Waals surface area contributed by atoms with Crippen molar-refractivity contribution >= 4 is 28.1 Å². The number of rotatable bonds is 5. The molecule has 5 nitrogen and oxygen atoms in total. The number of hydrogen-bond donors (Lipinski definition) is 1. The van der Waals surface area contributed by atoms with Gasteiger partial charge in [0, 0.05) is 20.2 Å². The molecule has 0 radical (unpaired) electrons. The van der Waals surface area contributed by atoms with Crippen LogP contribution in [0.25, 0.3) is 0 Å². The molecular formula is C14H23ClN2O3S. The second kappa shape index (κ2) is 7.45. The zero-order valence-corrected chi connectivity index (χ0v) is 14.0. The minimum absolute atomic E-state index is 0. The quantitative estimate of drug-likeness (QED) is 0.889. The predicted octanol–water partition coefficient (Wildman–Crippen LogP) is 1.68. The first-order valence-electron chi connectivity index (χ1n) is 6.83. The fourth-order valence-corrected chi connectivity index (χ4v) is 4.28. The van der Waals surface area contributed by atoms with Crippen molar-refractivity contribution in [1.29, 1.82) is 0 Å². The van der Waals surface area contributed by atoms with Gasteiger partial charge < -0.3 is 10.5 Å². The number of sulfonamides is 1. The maximum absolute atomic E-state index is 12.5. The van der Waals surface area contributed by atoms with Crippen molar-refractivity contribution in [3.8, 4) is 0 Å². The van der Waals surface area contributed by atoms with Crippen LogP contribution >= 0.6 is 12.4 Å². The third-order valence-corrected chi connectivity index (χ3v) is 5.58. The van der Waals surface area contributed by atoms with E-state index in [4.69, 9.17) is 10.5 Å². The molecule has 7 heteroatoms. The topological polar surface area (TPSA) is 72.6 Å². The van der Waals surface area contributed by atoms with Gasteiger partial charge in [0.25, 0.3) is 0 Å². The Morgan fingerprint density at radius 1 is 1.43 bits per heavy atom. The van der Waals surface area contributed by atoms with Gasteiger partial charge in [-0.05, 0) is 37.0 Å². The summed E-state index contributed by atoms with van der Waals surface area (Å²) in [5.74, 6) is 0.00157. The molecule has 1 atom stereocenters. The van der Waals surface area contributed by atoms with E-state index >= 15 is 0 Å². The van der Waals surface area contributed by atoms with Crippen LogP contribution < -0.4 is 10.0 Å². The van der Waals surface area contributed by atoms with Gasteiger partial charge in [0.05, 0.1) is 17.5 Å². The maximum atomic E-state index is 12.5. The molecule has 2 rings (SSSR count). The third-order valence-electron chi connectivity index (χ3n) is 3.64. The highest BCUT2D eigenvalue weighted by Crippen LogP contribution is 2.30. The summed E-state index contributed by atoms with van der Waals surface area (Å²) >= 11 is 0. The van der Waals surface area contributed by atoms with Gasteiger partial charge in [-0.2, -0.15) is 0 Å². The molecule has 0 amide bonds. The lowest BCUT2D eigenvalue weighted by atomic mass is 10.0. The van der Waals surface area contributed by atoms with Crippen molar-refractivity contribution < 1.29 is 13.2 Å². The van der Waals surface area contributed by atoms with Gasteiger partial charge in [-0.3, -0.25) is 4.31 Å². The highest BCUT2D eigenvalue weighted by molar-refractivity contribution is 7.92. The molecule has 0 saturated heterocycles. The molecule has 0 bridgehead atoms. The smallest absolute Gasteiger partial charge is 0.237 e. The Labute approximate surface area is 132 Å². The van der Waals surface area contributed by atoms with Crippen LogP contribution in [0, 0.1) is 0 Å². The average molecular weight is 335 g/mol. The highest BCUT2D eigenvalue weighted by Gasteiger charge is 2.28. The maximum Gasteiger partial charge on any atom is 0.237 e. The van der Waals surface area contributed by atoms with Gasteiger partial charge in [0.15, 0.2) is 0 Å². The number of halogens is 1. The van der Waals surface area contributed by atoms with E-state index in [1.807, 2.05) is 18.2 Å². The molecule has 1 unspecified atom stereocenters. The van der Waals surface area contributed by atoms with Crippen molar-refractivity contribution in [1.82, 2.24) is 0 Å². The van der Waals surface area contributed by atoms with Gasteiger partial charge in [0.1, 0.15) is 0 Å². The molecule has 1 aliphatic heterocycles. The van der Waals surface area contributed by atoms with Crippen LogP contribution in [0.15, 0.2) is 18.2 Å². The number of fused-ring (bicyclic) bond motifs is 1. The van der Waals surface area contributed by atoms with Gasteiger partial charge in [-0.15, -0.1) is 12.4 Å². The first-order valence-corrected chi connectivity index (χ1v) is 8.44. The molecule has 1 aliphatic rings. The summed E-state index contributed by atoms with van der Waals surface area (Å²) in [6.45, 7) is 2.77. The minimum atomic E-state index is -3.35. The van der Waals surface area contributed by atoms with E-state index in [2.05, 4.69) is 0 Å². The minimum Gasteiger partial charge on any atom is -0.381 e. The summed E-state index contributed by atoms with van der Waals surface area (Å²) < 4.78 is 31.6. The number of aryl methyl sites for hydroxylation is 1. The molecule has 120 valence electrons. The van der Waals surface area contributed by atoms with E-state index in [-0.39, 0.29) is 24.3 Å². The van der Waals surface area contributed by atoms with E-state index in [1.54, 1.807) is 6.92 Å². The summed E-state index contributed by atoms with van der Waals surface area (Å²) in [4.78, 5) is 0. The molecule has 1 aromatic carbocycles. The molecule has 0 aromatic heterocycles. The predicted molar refractivity (Wildman–Crippen MR) is 87.5 cm³/mol. The van der Waals surface area contributed by atoms with Gasteiger partial charge >= 0.3 is 0 Å². The summed E-state index contributed by atoms with van der Waals surface area (Å²) in [5, 5.41) is 0. The number of benzene rings is 1. The van der Waals surface area contributed by atoms with E-state index in [9.17, 15) is 8.42 Å². The number of methoxy groups -OCH3 is 1. The molecule has 1 heterocycles. The Morgan fingerprint density at radius 3 is 2.76 bits per heavy atom. The molecule has 1 aromatic rings. The van der Waals surface area contributed by atoms with Crippen LogP contribution in [-0.2, 0) is 27.7 Å². The van der Waals surface area contributed by atoms with Crippen LogP contribution in [0.4, 0.5) is 5.69 Å². The molecule has 2 N–H and O–H groups in total. The molecule has 0 spiro atoms. The number of nitrogens with two attached hydrogens (primary N) is 1. The van der Waals surface area contributed by atoms with Gasteiger partial charge in [-0.25, -0.2) is 8.42 Å². The summed E-state index contributed by atoms with van der Waals surface area (Å²) in [7, 11) is -1.82. The Balaban J connectivity index is 0.00000220. The Bertz CT molecular complexity index is 578. The number of nitrogens with zero attached hydrogens (tertiary/aromatic N) is 1. The average Bonchev–Trinajstić information content (AvgIpc) is 2.45. The van der Waals surface area contributed by atoms with Crippen molar-refractivity contribution in [2.24, 2.45) is 5.73 Å². The SMILES string of the molecule is COC(C)CS(=O)(=O)N1CCCc2cc(CN)ccc21.Cl. The third kappa shape index (κ3) is 4.10. The fourth-order valence-electron chi connectivity index (χ4n) is 2.49.